The van der Waals surface area contributed by atoms with E-state index in [0.29, 0.717) is 23.0 Å². The lowest BCUT2D eigenvalue weighted by Crippen LogP contribution is -2.46. The zero-order chi connectivity index (χ0) is 58.7. The van der Waals surface area contributed by atoms with E-state index in [1.807, 2.05) is 97.1 Å². The van der Waals surface area contributed by atoms with Crippen molar-refractivity contribution in [2.75, 3.05) is 13.1 Å². The summed E-state index contributed by atoms with van der Waals surface area (Å²) in [4.78, 5) is 57.2. The monoisotopic (exact) mass is 1090 g/mol. The van der Waals surface area contributed by atoms with Crippen LogP contribution >= 0.6 is 0 Å². The number of hydrogen-bond donors (Lipinski definition) is 2. The van der Waals surface area contributed by atoms with E-state index in [9.17, 15) is 29.4 Å². The second-order valence-electron chi connectivity index (χ2n) is 23.9. The fourth-order valence-electron chi connectivity index (χ4n) is 9.73. The molecule has 12 nitrogen and oxygen atoms in total. The first kappa shape index (κ1) is 62.4. The molecule has 0 spiro atoms. The molecule has 4 atom stereocenters. The van der Waals surface area contributed by atoms with Gasteiger partial charge in [-0.2, -0.15) is 0 Å². The Labute approximate surface area is 475 Å². The summed E-state index contributed by atoms with van der Waals surface area (Å²) in [7, 11) is 0. The predicted octanol–water partition coefficient (Wildman–Crippen LogP) is 14.0. The zero-order valence-corrected chi connectivity index (χ0v) is 50.0. The van der Waals surface area contributed by atoms with Gasteiger partial charge >= 0.3 is 0 Å². The smallest absolute Gasteiger partial charge is 0.234 e. The number of hydrogen-bond acceptors (Lipinski definition) is 10. The van der Waals surface area contributed by atoms with Crippen LogP contribution in [-0.4, -0.2) is 81.5 Å². The molecule has 0 aliphatic carbocycles. The Balaban J connectivity index is 1.22. The molecular formula is C68H88N2O10. The van der Waals surface area contributed by atoms with Crippen LogP contribution in [-0.2, 0) is 40.8 Å². The molecule has 0 heterocycles. The summed E-state index contributed by atoms with van der Waals surface area (Å²) < 4.78 is 26.1. The fraction of sp³-hybridized carbons (Fsp3) is 0.471. The molecule has 4 amide bonds. The highest BCUT2D eigenvalue weighted by atomic mass is 16.6. The van der Waals surface area contributed by atoms with E-state index in [-0.39, 0.29) is 60.4 Å². The maximum Gasteiger partial charge on any atom is 0.234 e. The molecule has 0 radical (unpaired) electrons. The van der Waals surface area contributed by atoms with Crippen molar-refractivity contribution in [3.05, 3.63) is 144 Å². The highest BCUT2D eigenvalue weighted by molar-refractivity contribution is 5.96. The van der Waals surface area contributed by atoms with Gasteiger partial charge in [-0.3, -0.25) is 29.0 Å². The van der Waals surface area contributed by atoms with Gasteiger partial charge in [0.25, 0.3) is 0 Å². The Morgan fingerprint density at radius 2 is 0.775 bits per heavy atom. The van der Waals surface area contributed by atoms with E-state index >= 15 is 0 Å². The molecule has 2 N–H and O–H groups in total. The first-order valence-electron chi connectivity index (χ1n) is 28.7. The van der Waals surface area contributed by atoms with Crippen LogP contribution in [0.4, 0.5) is 0 Å². The van der Waals surface area contributed by atoms with Crippen molar-refractivity contribution in [3.8, 4) is 23.0 Å². The van der Waals surface area contributed by atoms with E-state index in [1.165, 1.54) is 13.8 Å². The van der Waals surface area contributed by atoms with Crippen molar-refractivity contribution in [2.24, 2.45) is 0 Å². The maximum absolute atomic E-state index is 14.2. The van der Waals surface area contributed by atoms with Crippen molar-refractivity contribution in [1.29, 1.82) is 0 Å². The van der Waals surface area contributed by atoms with Crippen LogP contribution in [0.5, 0.6) is 23.0 Å². The van der Waals surface area contributed by atoms with Gasteiger partial charge in [0.2, 0.25) is 36.2 Å². The molecule has 0 aliphatic rings. The number of carbonyl (C=O) groups excluding carboxylic acids is 4. The van der Waals surface area contributed by atoms with Crippen LogP contribution < -0.4 is 18.9 Å². The van der Waals surface area contributed by atoms with Crippen LogP contribution in [0.25, 0.3) is 21.5 Å². The minimum absolute atomic E-state index is 0.0589. The molecule has 6 aromatic carbocycles. The van der Waals surface area contributed by atoms with E-state index in [4.69, 9.17) is 18.9 Å². The number of amides is 4. The molecule has 4 unspecified atom stereocenters. The molecule has 0 aliphatic heterocycles. The van der Waals surface area contributed by atoms with Gasteiger partial charge in [0, 0.05) is 61.7 Å². The number of benzene rings is 6. The summed E-state index contributed by atoms with van der Waals surface area (Å²) in [6.45, 7) is 27.8. The lowest BCUT2D eigenvalue weighted by atomic mass is 9.76. The number of aliphatic hydroxyl groups excluding tert-OH is 2. The third-order valence-electron chi connectivity index (χ3n) is 16.9. The normalized spacial score (nSPS) is 13.8. The molecule has 0 aromatic heterocycles. The minimum atomic E-state index is -1.55. The van der Waals surface area contributed by atoms with Crippen molar-refractivity contribution >= 4 is 45.2 Å². The van der Waals surface area contributed by atoms with Gasteiger partial charge in [-0.25, -0.2) is 0 Å². The number of imide groups is 2. The van der Waals surface area contributed by atoms with Crippen molar-refractivity contribution in [3.63, 3.8) is 0 Å². The van der Waals surface area contributed by atoms with Crippen LogP contribution in [0.1, 0.15) is 171 Å². The zero-order valence-electron chi connectivity index (χ0n) is 50.0. The third kappa shape index (κ3) is 15.2. The average molecular weight is 1090 g/mol. The summed E-state index contributed by atoms with van der Waals surface area (Å²) in [5.41, 5.74) is 3.35. The molecular weight excluding hydrogens is 1000 g/mol. The van der Waals surface area contributed by atoms with Crippen molar-refractivity contribution in [2.45, 2.75) is 195 Å². The van der Waals surface area contributed by atoms with Gasteiger partial charge in [0.15, 0.2) is 12.2 Å². The Morgan fingerprint density at radius 1 is 0.438 bits per heavy atom. The molecule has 430 valence electrons. The maximum atomic E-state index is 14.2. The second kappa shape index (κ2) is 26.7. The van der Waals surface area contributed by atoms with E-state index in [2.05, 4.69) is 95.2 Å². The fourth-order valence-corrected chi connectivity index (χ4v) is 9.73. The summed E-state index contributed by atoms with van der Waals surface area (Å²) in [5, 5.41) is 27.6. The van der Waals surface area contributed by atoms with Crippen LogP contribution in [0.15, 0.2) is 121 Å². The number of aliphatic hydroxyl groups is 2. The van der Waals surface area contributed by atoms with Crippen molar-refractivity contribution < 1.29 is 48.3 Å². The Hall–Kier alpha value is -6.76. The van der Waals surface area contributed by atoms with E-state index < -0.39 is 48.4 Å². The molecule has 0 saturated carbocycles. The van der Waals surface area contributed by atoms with Gasteiger partial charge in [-0.05, 0) is 106 Å². The SMILES string of the molecule is CCC(C)(C)c1ccc(OC(O)C(CCC(=O)N(CCN(C(C)=O)C(=O)CCC(Oc2cccc3ccccc23)C(O)Oc2ccc(C(C)(C)CC)cc2C(C)(C)CC)C(C)=O)Oc2cccc3ccccc23)c(C(C)(C)CC)c1. The van der Waals surface area contributed by atoms with Crippen LogP contribution in [0.2, 0.25) is 0 Å². The quantitative estimate of drug-likeness (QED) is 0.0477. The van der Waals surface area contributed by atoms with Crippen LogP contribution in [0.3, 0.4) is 0 Å². The number of fused-ring (bicyclic) bond motifs is 2. The molecule has 6 rings (SSSR count). The number of nitrogens with zero attached hydrogens (tertiary/aromatic N) is 2. The number of rotatable bonds is 27. The van der Waals surface area contributed by atoms with Crippen molar-refractivity contribution in [1.82, 2.24) is 9.80 Å². The summed E-state index contributed by atoms with van der Waals surface area (Å²) in [6.07, 6.45) is -2.42. The topological polar surface area (TPSA) is 152 Å². The van der Waals surface area contributed by atoms with Gasteiger partial charge < -0.3 is 29.2 Å². The Morgan fingerprint density at radius 3 is 1.11 bits per heavy atom. The molecule has 0 saturated heterocycles. The molecule has 12 heteroatoms. The summed E-state index contributed by atoms with van der Waals surface area (Å²) >= 11 is 0. The lowest BCUT2D eigenvalue weighted by Gasteiger charge is -2.32. The van der Waals surface area contributed by atoms with Gasteiger partial charge in [0.1, 0.15) is 23.0 Å². The first-order chi connectivity index (χ1) is 37.8. The molecule has 80 heavy (non-hydrogen) atoms. The first-order valence-corrected chi connectivity index (χ1v) is 28.7. The highest BCUT2D eigenvalue weighted by Gasteiger charge is 2.34. The highest BCUT2D eigenvalue weighted by Crippen LogP contribution is 2.41. The van der Waals surface area contributed by atoms with Gasteiger partial charge in [0.05, 0.1) is 0 Å². The Bertz CT molecular complexity index is 2890. The summed E-state index contributed by atoms with van der Waals surface area (Å²) in [6, 6.07) is 38.8. The average Bonchev–Trinajstić information content (AvgIpc) is 3.54. The lowest BCUT2D eigenvalue weighted by molar-refractivity contribution is -0.150. The largest absolute Gasteiger partial charge is 0.483 e. The van der Waals surface area contributed by atoms with Crippen LogP contribution in [0, 0.1) is 0 Å². The Kier molecular flexibility index (Phi) is 20.8. The molecule has 0 fully saturated rings. The summed E-state index contributed by atoms with van der Waals surface area (Å²) in [5.74, 6) is -0.396. The molecule has 0 bridgehead atoms. The number of ether oxygens (including phenoxy) is 4. The number of carbonyl (C=O) groups is 4. The van der Waals surface area contributed by atoms with E-state index in [0.717, 1.165) is 79.3 Å². The third-order valence-corrected chi connectivity index (χ3v) is 16.9. The molecule has 6 aromatic rings. The minimum Gasteiger partial charge on any atom is -0.483 e. The van der Waals surface area contributed by atoms with E-state index in [1.54, 1.807) is 12.1 Å². The van der Waals surface area contributed by atoms with Gasteiger partial charge in [-0.1, -0.05) is 180 Å². The second-order valence-corrected chi connectivity index (χ2v) is 23.9. The standard InChI is InChI=1S/C68H88N2O10/c1-15-65(7,8)49-33-35-57(53(43-49)67(11,12)17-3)79-63(75)59(77-55-31-23-27-47-25-19-21-29-51(47)55)37-39-61(73)69(45(5)71)41-42-70(46(6)72)62(74)40-38-60(78-56-32-24-28-48-26-20-22-30-52(48)56)64(76)80-58-36-34-50(66(9,10)16-2)44-54(58)68(13,14)18-4/h19-36,43-44,59-60,63-64,75-76H,15-18,37-42H2,1-14H3. The van der Waals surface area contributed by atoms with Gasteiger partial charge in [-0.15, -0.1) is 0 Å². The predicted molar refractivity (Wildman–Crippen MR) is 319 cm³/mol.